The second-order valence-electron chi connectivity index (χ2n) is 22.5. The molecule has 2 aromatic heterocycles. The maximum Gasteiger partial charge on any atom is 0.252 e. The average Bonchev–Trinajstić information content (AvgIpc) is 3.89. The highest BCUT2D eigenvalue weighted by molar-refractivity contribution is 7.00. The lowest BCUT2D eigenvalue weighted by Crippen LogP contribution is -2.64. The summed E-state index contributed by atoms with van der Waals surface area (Å²) in [5.41, 5.74) is 23.6. The number of aromatic nitrogens is 2. The van der Waals surface area contributed by atoms with Gasteiger partial charge in [-0.2, -0.15) is 0 Å². The lowest BCUT2D eigenvalue weighted by molar-refractivity contribution is 0.195. The van der Waals surface area contributed by atoms with Crippen molar-refractivity contribution < 1.29 is 0 Å². The Morgan fingerprint density at radius 1 is 0.574 bits per heavy atom. The summed E-state index contributed by atoms with van der Waals surface area (Å²) in [5, 5.41) is 4.10. The molecular formula is C57H56BN3. The van der Waals surface area contributed by atoms with Crippen LogP contribution in [0.4, 0.5) is 11.4 Å². The van der Waals surface area contributed by atoms with Crippen molar-refractivity contribution in [1.29, 1.82) is 0 Å². The third-order valence-corrected chi connectivity index (χ3v) is 16.9. The SMILES string of the molecule is CC(C)(C)c1ccc2c(c1)c1cc(C(C)(C)C)cc3c1n2-c1cc(-n2c4c(c5ccccc52)C(C)(C)c2ccccc2-4)cc2c1B3c1cccc3c1N2C1(C)CCCCC31C. The van der Waals surface area contributed by atoms with Gasteiger partial charge in [0.1, 0.15) is 0 Å². The molecule has 0 spiro atoms. The Labute approximate surface area is 361 Å². The minimum absolute atomic E-state index is 0.0110. The normalized spacial score (nSPS) is 21.5. The van der Waals surface area contributed by atoms with Gasteiger partial charge in [-0.15, -0.1) is 0 Å². The maximum atomic E-state index is 2.90. The van der Waals surface area contributed by atoms with Gasteiger partial charge >= 0.3 is 0 Å². The molecule has 5 heterocycles. The molecule has 6 aromatic carbocycles. The summed E-state index contributed by atoms with van der Waals surface area (Å²) in [4.78, 5) is 2.90. The van der Waals surface area contributed by atoms with E-state index in [1.165, 1.54) is 131 Å². The van der Waals surface area contributed by atoms with Crippen LogP contribution < -0.4 is 21.3 Å². The molecule has 13 rings (SSSR count). The number of rotatable bonds is 1. The third kappa shape index (κ3) is 4.19. The van der Waals surface area contributed by atoms with Crippen molar-refractivity contribution in [3.05, 3.63) is 137 Å². The van der Waals surface area contributed by atoms with Crippen molar-refractivity contribution in [3.63, 3.8) is 0 Å². The highest BCUT2D eigenvalue weighted by Crippen LogP contribution is 2.62. The van der Waals surface area contributed by atoms with E-state index in [0.29, 0.717) is 0 Å². The molecule has 2 atom stereocenters. The highest BCUT2D eigenvalue weighted by atomic mass is 15.3. The van der Waals surface area contributed by atoms with Crippen LogP contribution in [-0.4, -0.2) is 21.4 Å². The molecule has 2 aliphatic carbocycles. The Bertz CT molecular complexity index is 3300. The van der Waals surface area contributed by atoms with Crippen molar-refractivity contribution in [3.8, 4) is 22.6 Å². The fourth-order valence-electron chi connectivity index (χ4n) is 13.6. The van der Waals surface area contributed by atoms with Crippen LogP contribution in [-0.2, 0) is 21.7 Å². The van der Waals surface area contributed by atoms with Crippen LogP contribution in [0.2, 0.25) is 0 Å². The summed E-state index contributed by atoms with van der Waals surface area (Å²) in [6, 6.07) is 43.5. The molecule has 8 aromatic rings. The van der Waals surface area contributed by atoms with Crippen LogP contribution in [0.15, 0.2) is 109 Å². The maximum absolute atomic E-state index is 2.90. The van der Waals surface area contributed by atoms with Crippen molar-refractivity contribution in [1.82, 2.24) is 9.13 Å². The summed E-state index contributed by atoms with van der Waals surface area (Å²) in [6.07, 6.45) is 4.94. The summed E-state index contributed by atoms with van der Waals surface area (Å²) in [6.45, 7) is 24.4. The van der Waals surface area contributed by atoms with Gasteiger partial charge in [0, 0.05) is 55.1 Å². The first-order chi connectivity index (χ1) is 29.0. The van der Waals surface area contributed by atoms with Gasteiger partial charge in [-0.1, -0.05) is 148 Å². The lowest BCUT2D eigenvalue weighted by Gasteiger charge is -2.52. The molecule has 1 saturated carbocycles. The van der Waals surface area contributed by atoms with Crippen LogP contribution >= 0.6 is 0 Å². The van der Waals surface area contributed by atoms with Crippen molar-refractivity contribution in [2.75, 3.05) is 4.90 Å². The zero-order valence-electron chi connectivity index (χ0n) is 37.6. The Hall–Kier alpha value is -5.48. The highest BCUT2D eigenvalue weighted by Gasteiger charge is 2.61. The molecule has 0 amide bonds. The molecular weight excluding hydrogens is 737 g/mol. The topological polar surface area (TPSA) is 13.1 Å². The van der Waals surface area contributed by atoms with Crippen LogP contribution in [0, 0.1) is 0 Å². The summed E-state index contributed by atoms with van der Waals surface area (Å²) in [5.74, 6) is 0. The minimum Gasteiger partial charge on any atom is -0.335 e. The largest absolute Gasteiger partial charge is 0.335 e. The Kier molecular flexibility index (Phi) is 6.60. The predicted molar refractivity (Wildman–Crippen MR) is 260 cm³/mol. The van der Waals surface area contributed by atoms with Gasteiger partial charge in [-0.3, -0.25) is 0 Å². The molecule has 4 heteroatoms. The van der Waals surface area contributed by atoms with Gasteiger partial charge in [0.25, 0.3) is 6.71 Å². The van der Waals surface area contributed by atoms with E-state index >= 15 is 0 Å². The summed E-state index contributed by atoms with van der Waals surface area (Å²) >= 11 is 0. The molecule has 0 N–H and O–H groups in total. The number of nitrogens with zero attached hydrogens (tertiary/aromatic N) is 3. The fraction of sp³-hybridized carbons (Fsp3) is 0.333. The van der Waals surface area contributed by atoms with Gasteiger partial charge in [-0.05, 0) is 111 Å². The Morgan fingerprint density at radius 2 is 1.26 bits per heavy atom. The first-order valence-electron chi connectivity index (χ1n) is 23.0. The molecule has 0 radical (unpaired) electrons. The molecule has 302 valence electrons. The first-order valence-corrected chi connectivity index (χ1v) is 23.0. The van der Waals surface area contributed by atoms with E-state index < -0.39 is 0 Å². The molecule has 3 nitrogen and oxygen atoms in total. The van der Waals surface area contributed by atoms with E-state index in [2.05, 4.69) is 192 Å². The second-order valence-corrected chi connectivity index (χ2v) is 22.5. The molecule has 0 saturated heterocycles. The number of anilines is 2. The molecule has 61 heavy (non-hydrogen) atoms. The third-order valence-electron chi connectivity index (χ3n) is 16.9. The number of hydrogen-bond acceptors (Lipinski definition) is 1. The quantitative estimate of drug-likeness (QED) is 0.151. The van der Waals surface area contributed by atoms with Gasteiger partial charge in [0.05, 0.1) is 28.0 Å². The van der Waals surface area contributed by atoms with Crippen molar-refractivity contribution in [2.45, 2.75) is 122 Å². The second kappa shape index (κ2) is 11.1. The van der Waals surface area contributed by atoms with Gasteiger partial charge in [-0.25, -0.2) is 0 Å². The van der Waals surface area contributed by atoms with Crippen LogP contribution in [0.25, 0.3) is 55.3 Å². The molecule has 0 bridgehead atoms. The molecule has 2 unspecified atom stereocenters. The molecule has 1 fully saturated rings. The van der Waals surface area contributed by atoms with E-state index in [0.717, 1.165) is 0 Å². The summed E-state index contributed by atoms with van der Waals surface area (Å²) < 4.78 is 5.36. The zero-order valence-corrected chi connectivity index (χ0v) is 37.6. The number of fused-ring (bicyclic) bond motifs is 15. The first kappa shape index (κ1) is 36.2. The number of benzene rings is 6. The van der Waals surface area contributed by atoms with Gasteiger partial charge in [0.2, 0.25) is 0 Å². The molecule has 3 aliphatic heterocycles. The Balaban J connectivity index is 1.23. The van der Waals surface area contributed by atoms with Gasteiger partial charge < -0.3 is 14.0 Å². The monoisotopic (exact) mass is 793 g/mol. The van der Waals surface area contributed by atoms with Crippen molar-refractivity contribution >= 4 is 67.2 Å². The molecule has 5 aliphatic rings. The predicted octanol–water partition coefficient (Wildman–Crippen LogP) is 12.5. The number of para-hydroxylation sites is 2. The van der Waals surface area contributed by atoms with Crippen molar-refractivity contribution in [2.24, 2.45) is 0 Å². The zero-order chi connectivity index (χ0) is 41.9. The van der Waals surface area contributed by atoms with E-state index in [9.17, 15) is 0 Å². The van der Waals surface area contributed by atoms with E-state index in [1.807, 2.05) is 0 Å². The van der Waals surface area contributed by atoms with E-state index in [4.69, 9.17) is 0 Å². The van der Waals surface area contributed by atoms with E-state index in [1.54, 1.807) is 5.56 Å². The van der Waals surface area contributed by atoms with Crippen LogP contribution in [0.3, 0.4) is 0 Å². The average molecular weight is 794 g/mol. The van der Waals surface area contributed by atoms with Gasteiger partial charge in [0.15, 0.2) is 0 Å². The van der Waals surface area contributed by atoms with E-state index in [-0.39, 0.29) is 33.9 Å². The number of hydrogen-bond donors (Lipinski definition) is 0. The minimum atomic E-state index is -0.123. The Morgan fingerprint density at radius 3 is 2.07 bits per heavy atom. The standard InChI is InChI=1S/C57H56BN3/c1-53(2,3)33-24-25-45-38(28-33)39-29-34(54(4,5)6)30-43-50(39)60(45)46-31-35(59-44-23-14-12-19-37(44)48-51(59)36-18-11-13-20-40(36)55(48,7)8)32-47-49(46)58(43)42-22-17-21-41-52(42)61(47)57(10)27-16-15-26-56(41,57)9/h11-14,17-25,28-32H,15-16,26-27H2,1-10H3. The fourth-order valence-corrected chi connectivity index (χ4v) is 13.6. The lowest BCUT2D eigenvalue weighted by atomic mass is 9.33. The summed E-state index contributed by atoms with van der Waals surface area (Å²) in [7, 11) is 0. The van der Waals surface area contributed by atoms with Crippen LogP contribution in [0.1, 0.15) is 123 Å². The van der Waals surface area contributed by atoms with Crippen LogP contribution in [0.5, 0.6) is 0 Å². The smallest absolute Gasteiger partial charge is 0.252 e.